The monoisotopic (exact) mass is 258 g/mol. The summed E-state index contributed by atoms with van der Waals surface area (Å²) in [5.41, 5.74) is 1.57. The lowest BCUT2D eigenvalue weighted by atomic mass is 9.92. The number of benzene rings is 2. The van der Waals surface area contributed by atoms with Crippen molar-refractivity contribution in [3.8, 4) is 22.6 Å². The molecule has 4 nitrogen and oxygen atoms in total. The Morgan fingerprint density at radius 1 is 1.16 bits per heavy atom. The van der Waals surface area contributed by atoms with E-state index >= 15 is 0 Å². The number of rotatable bonds is 3. The summed E-state index contributed by atoms with van der Waals surface area (Å²) in [4.78, 5) is 11.2. The molecule has 0 bridgehead atoms. The molecule has 0 heterocycles. The van der Waals surface area contributed by atoms with Gasteiger partial charge in [-0.3, -0.25) is 0 Å². The number of phenolic OH excluding ortho intramolecular Hbond substituents is 2. The molecule has 4 heteroatoms. The first kappa shape index (κ1) is 13.0. The van der Waals surface area contributed by atoms with Gasteiger partial charge < -0.3 is 15.3 Å². The summed E-state index contributed by atoms with van der Waals surface area (Å²) in [6, 6.07) is 10.0. The molecule has 2 aromatic rings. The number of carbonyl (C=O) groups is 1. The highest BCUT2D eigenvalue weighted by molar-refractivity contribution is 5.94. The maximum absolute atomic E-state index is 11.2. The number of hydrogen-bond acceptors (Lipinski definition) is 3. The van der Waals surface area contributed by atoms with E-state index in [-0.39, 0.29) is 11.3 Å². The lowest BCUT2D eigenvalue weighted by Crippen LogP contribution is -2.04. The van der Waals surface area contributed by atoms with Crippen LogP contribution in [0.25, 0.3) is 11.1 Å². The predicted octanol–water partition coefficient (Wildman–Crippen LogP) is 3.03. The Kier molecular flexibility index (Phi) is 3.42. The topological polar surface area (TPSA) is 77.8 Å². The predicted molar refractivity (Wildman–Crippen MR) is 71.5 cm³/mol. The van der Waals surface area contributed by atoms with Crippen molar-refractivity contribution in [3.05, 3.63) is 47.5 Å². The molecule has 0 aromatic heterocycles. The number of hydrogen-bond donors (Lipinski definition) is 3. The third-order valence-corrected chi connectivity index (χ3v) is 3.03. The van der Waals surface area contributed by atoms with Gasteiger partial charge in [-0.2, -0.15) is 0 Å². The summed E-state index contributed by atoms with van der Waals surface area (Å²) in [5.74, 6) is -1.83. The van der Waals surface area contributed by atoms with Gasteiger partial charge in [-0.05, 0) is 23.6 Å². The fraction of sp³-hybridized carbons (Fsp3) is 0.133. The van der Waals surface area contributed by atoms with E-state index in [1.54, 1.807) is 24.3 Å². The van der Waals surface area contributed by atoms with Crippen molar-refractivity contribution in [1.82, 2.24) is 0 Å². The highest BCUT2D eigenvalue weighted by Crippen LogP contribution is 2.41. The Bertz CT molecular complexity index is 618. The molecule has 19 heavy (non-hydrogen) atoms. The molecule has 0 aliphatic rings. The molecule has 98 valence electrons. The molecule has 0 spiro atoms. The van der Waals surface area contributed by atoms with Crippen LogP contribution in [0, 0.1) is 0 Å². The lowest BCUT2D eigenvalue weighted by Gasteiger charge is -2.14. The number of carboxylic acid groups (broad SMARTS) is 1. The van der Waals surface area contributed by atoms with E-state index in [0.29, 0.717) is 23.1 Å². The normalized spacial score (nSPS) is 10.4. The van der Waals surface area contributed by atoms with Crippen molar-refractivity contribution in [1.29, 1.82) is 0 Å². The van der Waals surface area contributed by atoms with E-state index in [1.165, 1.54) is 0 Å². The fourth-order valence-corrected chi connectivity index (χ4v) is 2.17. The summed E-state index contributed by atoms with van der Waals surface area (Å²) in [6.07, 6.45) is 0.444. The van der Waals surface area contributed by atoms with Crippen LogP contribution in [0.2, 0.25) is 0 Å². The minimum absolute atomic E-state index is 0.0108. The Hall–Kier alpha value is -2.49. The van der Waals surface area contributed by atoms with Gasteiger partial charge in [0, 0.05) is 5.56 Å². The van der Waals surface area contributed by atoms with E-state index in [9.17, 15) is 20.1 Å². The van der Waals surface area contributed by atoms with Crippen LogP contribution < -0.4 is 0 Å². The largest absolute Gasteiger partial charge is 0.504 e. The van der Waals surface area contributed by atoms with E-state index in [2.05, 4.69) is 0 Å². The third kappa shape index (κ3) is 2.25. The van der Waals surface area contributed by atoms with Crippen molar-refractivity contribution in [2.24, 2.45) is 0 Å². The Morgan fingerprint density at radius 3 is 2.32 bits per heavy atom. The summed E-state index contributed by atoms with van der Waals surface area (Å²) < 4.78 is 0. The van der Waals surface area contributed by atoms with E-state index in [1.807, 2.05) is 13.0 Å². The standard InChI is InChI=1S/C15H14O4/c1-2-10-11(15(18)19)8-12(16)14(17)13(10)9-6-4-3-5-7-9/h3-8,16-17H,2H2,1H3,(H,18,19). The fourth-order valence-electron chi connectivity index (χ4n) is 2.17. The molecule has 0 fully saturated rings. The number of aromatic carboxylic acids is 1. The van der Waals surface area contributed by atoms with E-state index in [0.717, 1.165) is 6.07 Å². The van der Waals surface area contributed by atoms with Crippen molar-refractivity contribution >= 4 is 5.97 Å². The number of aromatic hydroxyl groups is 2. The summed E-state index contributed by atoms with van der Waals surface area (Å²) in [6.45, 7) is 1.81. The molecule has 0 radical (unpaired) electrons. The summed E-state index contributed by atoms with van der Waals surface area (Å²) >= 11 is 0. The molecule has 0 aliphatic carbocycles. The van der Waals surface area contributed by atoms with E-state index in [4.69, 9.17) is 0 Å². The molecular formula is C15H14O4. The Labute approximate surface area is 110 Å². The second-order valence-corrected chi connectivity index (χ2v) is 4.17. The van der Waals surface area contributed by atoms with Gasteiger partial charge in [-0.15, -0.1) is 0 Å². The van der Waals surface area contributed by atoms with Crippen molar-refractivity contribution in [2.45, 2.75) is 13.3 Å². The van der Waals surface area contributed by atoms with Crippen LogP contribution in [0.15, 0.2) is 36.4 Å². The van der Waals surface area contributed by atoms with Crippen molar-refractivity contribution < 1.29 is 20.1 Å². The number of carboxylic acids is 1. The molecular weight excluding hydrogens is 244 g/mol. The molecule has 0 unspecified atom stereocenters. The molecule has 0 atom stereocenters. The van der Waals surface area contributed by atoms with Crippen LogP contribution in [-0.2, 0) is 6.42 Å². The zero-order chi connectivity index (χ0) is 14.0. The summed E-state index contributed by atoms with van der Waals surface area (Å²) in [7, 11) is 0. The van der Waals surface area contributed by atoms with Crippen molar-refractivity contribution in [2.75, 3.05) is 0 Å². The average molecular weight is 258 g/mol. The van der Waals surface area contributed by atoms with Gasteiger partial charge in [0.05, 0.1) is 5.56 Å². The zero-order valence-corrected chi connectivity index (χ0v) is 10.4. The van der Waals surface area contributed by atoms with Crippen LogP contribution >= 0.6 is 0 Å². The van der Waals surface area contributed by atoms with Gasteiger partial charge in [-0.25, -0.2) is 4.79 Å². The maximum atomic E-state index is 11.2. The molecule has 2 rings (SSSR count). The molecule has 0 saturated carbocycles. The SMILES string of the molecule is CCc1c(C(=O)O)cc(O)c(O)c1-c1ccccc1. The van der Waals surface area contributed by atoms with E-state index < -0.39 is 11.7 Å². The van der Waals surface area contributed by atoms with Crippen LogP contribution in [0.3, 0.4) is 0 Å². The van der Waals surface area contributed by atoms with Crippen LogP contribution in [0.1, 0.15) is 22.8 Å². The summed E-state index contributed by atoms with van der Waals surface area (Å²) in [5, 5.41) is 28.9. The third-order valence-electron chi connectivity index (χ3n) is 3.03. The molecule has 0 aliphatic heterocycles. The van der Waals surface area contributed by atoms with Gasteiger partial charge in [-0.1, -0.05) is 37.3 Å². The molecule has 0 saturated heterocycles. The minimum Gasteiger partial charge on any atom is -0.504 e. The Balaban J connectivity index is 2.81. The zero-order valence-electron chi connectivity index (χ0n) is 10.4. The van der Waals surface area contributed by atoms with Gasteiger partial charge >= 0.3 is 5.97 Å². The quantitative estimate of drug-likeness (QED) is 0.739. The maximum Gasteiger partial charge on any atom is 0.336 e. The Morgan fingerprint density at radius 2 is 1.79 bits per heavy atom. The van der Waals surface area contributed by atoms with Gasteiger partial charge in [0.15, 0.2) is 11.5 Å². The minimum atomic E-state index is -1.12. The molecule has 0 amide bonds. The van der Waals surface area contributed by atoms with Gasteiger partial charge in [0.2, 0.25) is 0 Å². The van der Waals surface area contributed by atoms with Gasteiger partial charge in [0.25, 0.3) is 0 Å². The molecule has 2 aromatic carbocycles. The molecule has 3 N–H and O–H groups in total. The first-order valence-electron chi connectivity index (χ1n) is 5.92. The van der Waals surface area contributed by atoms with Crippen LogP contribution in [0.5, 0.6) is 11.5 Å². The average Bonchev–Trinajstić information content (AvgIpc) is 2.41. The highest BCUT2D eigenvalue weighted by atomic mass is 16.4. The number of phenols is 2. The van der Waals surface area contributed by atoms with Gasteiger partial charge in [0.1, 0.15) is 0 Å². The first-order valence-corrected chi connectivity index (χ1v) is 5.92. The smallest absolute Gasteiger partial charge is 0.336 e. The van der Waals surface area contributed by atoms with Crippen LogP contribution in [-0.4, -0.2) is 21.3 Å². The second kappa shape index (κ2) is 5.02. The lowest BCUT2D eigenvalue weighted by molar-refractivity contribution is 0.0695. The highest BCUT2D eigenvalue weighted by Gasteiger charge is 2.20. The second-order valence-electron chi connectivity index (χ2n) is 4.17. The van der Waals surface area contributed by atoms with Crippen molar-refractivity contribution in [3.63, 3.8) is 0 Å². The first-order chi connectivity index (χ1) is 9.06. The van der Waals surface area contributed by atoms with Crippen LogP contribution in [0.4, 0.5) is 0 Å².